The Bertz CT molecular complexity index is 465. The molecule has 0 amide bonds. The number of aromatic nitrogens is 2. The van der Waals surface area contributed by atoms with Crippen molar-refractivity contribution in [2.45, 2.75) is 6.54 Å². The molecule has 0 radical (unpaired) electrons. The van der Waals surface area contributed by atoms with Gasteiger partial charge in [0, 0.05) is 6.20 Å². The second-order valence-corrected chi connectivity index (χ2v) is 4.33. The van der Waals surface area contributed by atoms with Crippen LogP contribution in [0.15, 0.2) is 36.5 Å². The van der Waals surface area contributed by atoms with E-state index in [4.69, 9.17) is 0 Å². The quantitative estimate of drug-likeness (QED) is 0.644. The lowest BCUT2D eigenvalue weighted by Gasteiger charge is -2.00. The van der Waals surface area contributed by atoms with Gasteiger partial charge in [-0.2, -0.15) is 5.10 Å². The van der Waals surface area contributed by atoms with Gasteiger partial charge in [-0.25, -0.2) is 0 Å². The fraction of sp³-hybridized carbons (Fsp3) is 0.0909. The number of aldehydes is 1. The minimum Gasteiger partial charge on any atom is -0.296 e. The molecule has 0 fully saturated rings. The van der Waals surface area contributed by atoms with Gasteiger partial charge in [-0.15, -0.1) is 0 Å². The van der Waals surface area contributed by atoms with Crippen LogP contribution in [0.2, 0.25) is 0 Å². The Balaban J connectivity index is 2.21. The molecule has 1 aromatic carbocycles. The predicted octanol–water partition coefficient (Wildman–Crippen LogP) is 2.35. The fourth-order valence-electron chi connectivity index (χ4n) is 1.34. The van der Waals surface area contributed by atoms with Crippen LogP contribution >= 0.6 is 22.6 Å². The third-order valence-electron chi connectivity index (χ3n) is 2.04. The summed E-state index contributed by atoms with van der Waals surface area (Å²) < 4.78 is 2.67. The van der Waals surface area contributed by atoms with E-state index in [0.29, 0.717) is 12.2 Å². The van der Waals surface area contributed by atoms with Gasteiger partial charge in [-0.05, 0) is 28.2 Å². The molecule has 15 heavy (non-hydrogen) atoms. The molecule has 0 saturated heterocycles. The van der Waals surface area contributed by atoms with Crippen molar-refractivity contribution in [3.63, 3.8) is 0 Å². The largest absolute Gasteiger partial charge is 0.296 e. The molecule has 1 aromatic heterocycles. The highest BCUT2D eigenvalue weighted by Crippen LogP contribution is 2.09. The number of carbonyl (C=O) groups is 1. The van der Waals surface area contributed by atoms with E-state index in [1.54, 1.807) is 4.68 Å². The molecule has 0 atom stereocenters. The monoisotopic (exact) mass is 312 g/mol. The molecule has 2 rings (SSSR count). The molecule has 1 heterocycles. The molecule has 0 spiro atoms. The van der Waals surface area contributed by atoms with E-state index in [1.165, 1.54) is 5.56 Å². The van der Waals surface area contributed by atoms with Crippen LogP contribution in [0.1, 0.15) is 16.1 Å². The second-order valence-electron chi connectivity index (χ2n) is 3.16. The van der Waals surface area contributed by atoms with E-state index < -0.39 is 0 Å². The molecule has 0 unspecified atom stereocenters. The van der Waals surface area contributed by atoms with E-state index in [-0.39, 0.29) is 0 Å². The van der Waals surface area contributed by atoms with E-state index in [9.17, 15) is 4.79 Å². The minimum absolute atomic E-state index is 0.506. The first-order valence-electron chi connectivity index (χ1n) is 4.51. The third kappa shape index (κ3) is 2.44. The summed E-state index contributed by atoms with van der Waals surface area (Å²) in [6, 6.07) is 10.0. The normalized spacial score (nSPS) is 10.2. The van der Waals surface area contributed by atoms with Gasteiger partial charge in [0.05, 0.1) is 10.1 Å². The van der Waals surface area contributed by atoms with E-state index >= 15 is 0 Å². The number of halogens is 1. The van der Waals surface area contributed by atoms with Crippen molar-refractivity contribution in [1.29, 1.82) is 0 Å². The molecule has 0 aliphatic heterocycles. The lowest BCUT2D eigenvalue weighted by atomic mass is 10.2. The van der Waals surface area contributed by atoms with Crippen molar-refractivity contribution >= 4 is 28.9 Å². The maximum absolute atomic E-state index is 10.6. The van der Waals surface area contributed by atoms with Crippen molar-refractivity contribution in [2.24, 2.45) is 0 Å². The number of hydrogen-bond donors (Lipinski definition) is 0. The Morgan fingerprint density at radius 1 is 1.33 bits per heavy atom. The summed E-state index contributed by atoms with van der Waals surface area (Å²) in [4.78, 5) is 10.6. The number of nitrogens with zero attached hydrogens (tertiary/aromatic N) is 2. The topological polar surface area (TPSA) is 34.9 Å². The van der Waals surface area contributed by atoms with E-state index in [2.05, 4.69) is 27.7 Å². The highest BCUT2D eigenvalue weighted by molar-refractivity contribution is 14.1. The first kappa shape index (κ1) is 10.4. The first-order valence-corrected chi connectivity index (χ1v) is 5.59. The molecule has 2 aromatic rings. The Morgan fingerprint density at radius 2 is 2.07 bits per heavy atom. The van der Waals surface area contributed by atoms with Crippen LogP contribution in [0, 0.1) is 3.57 Å². The van der Waals surface area contributed by atoms with Crippen molar-refractivity contribution in [1.82, 2.24) is 9.78 Å². The summed E-state index contributed by atoms with van der Waals surface area (Å²) in [6.45, 7) is 0.699. The lowest BCUT2D eigenvalue weighted by molar-refractivity contribution is 0.111. The van der Waals surface area contributed by atoms with Crippen molar-refractivity contribution in [2.75, 3.05) is 0 Å². The summed E-state index contributed by atoms with van der Waals surface area (Å²) in [6.07, 6.45) is 2.65. The van der Waals surface area contributed by atoms with Gasteiger partial charge in [-0.1, -0.05) is 30.3 Å². The molecule has 0 saturated carbocycles. The summed E-state index contributed by atoms with van der Waals surface area (Å²) >= 11 is 2.11. The minimum atomic E-state index is 0.506. The number of benzene rings is 1. The van der Waals surface area contributed by atoms with Crippen LogP contribution in [-0.2, 0) is 6.54 Å². The highest BCUT2D eigenvalue weighted by atomic mass is 127. The van der Waals surface area contributed by atoms with Gasteiger partial charge in [-0.3, -0.25) is 9.48 Å². The number of rotatable bonds is 3. The molecule has 3 nitrogen and oxygen atoms in total. The van der Waals surface area contributed by atoms with Crippen molar-refractivity contribution < 1.29 is 4.79 Å². The van der Waals surface area contributed by atoms with Gasteiger partial charge in [0.1, 0.15) is 5.69 Å². The summed E-state index contributed by atoms with van der Waals surface area (Å²) in [7, 11) is 0. The van der Waals surface area contributed by atoms with Gasteiger partial charge in [0.2, 0.25) is 0 Å². The molecule has 0 bridgehead atoms. The number of carbonyl (C=O) groups excluding carboxylic acids is 1. The molecule has 0 N–H and O–H groups in total. The Kier molecular flexibility index (Phi) is 3.15. The maximum Gasteiger partial charge on any atom is 0.171 e. The smallest absolute Gasteiger partial charge is 0.171 e. The highest BCUT2D eigenvalue weighted by Gasteiger charge is 2.04. The van der Waals surface area contributed by atoms with Crippen LogP contribution < -0.4 is 0 Å². The van der Waals surface area contributed by atoms with Crippen LogP contribution in [0.4, 0.5) is 0 Å². The Morgan fingerprint density at radius 3 is 2.67 bits per heavy atom. The fourth-order valence-corrected chi connectivity index (χ4v) is 1.90. The zero-order valence-electron chi connectivity index (χ0n) is 7.93. The molecular weight excluding hydrogens is 303 g/mol. The van der Waals surface area contributed by atoms with Crippen molar-refractivity contribution in [3.05, 3.63) is 51.4 Å². The third-order valence-corrected chi connectivity index (χ3v) is 2.87. The molecule has 0 aliphatic carbocycles. The zero-order chi connectivity index (χ0) is 10.7. The predicted molar refractivity (Wildman–Crippen MR) is 65.9 cm³/mol. The van der Waals surface area contributed by atoms with Crippen LogP contribution in [0.25, 0.3) is 0 Å². The van der Waals surface area contributed by atoms with E-state index in [1.807, 2.05) is 36.5 Å². The zero-order valence-corrected chi connectivity index (χ0v) is 10.1. The summed E-state index contributed by atoms with van der Waals surface area (Å²) in [5.74, 6) is 0. The average Bonchev–Trinajstić information content (AvgIpc) is 2.60. The van der Waals surface area contributed by atoms with Gasteiger partial charge in [0.15, 0.2) is 6.29 Å². The second kappa shape index (κ2) is 4.57. The molecule has 0 aliphatic rings. The average molecular weight is 312 g/mol. The Labute approximate surface area is 101 Å². The summed E-state index contributed by atoms with van der Waals surface area (Å²) in [5, 5.41) is 4.16. The van der Waals surface area contributed by atoms with Gasteiger partial charge in [0.25, 0.3) is 0 Å². The van der Waals surface area contributed by atoms with E-state index in [0.717, 1.165) is 9.86 Å². The van der Waals surface area contributed by atoms with Crippen LogP contribution in [-0.4, -0.2) is 16.1 Å². The summed E-state index contributed by atoms with van der Waals surface area (Å²) in [5.41, 5.74) is 1.68. The van der Waals surface area contributed by atoms with Gasteiger partial charge >= 0.3 is 0 Å². The van der Waals surface area contributed by atoms with Crippen LogP contribution in [0.3, 0.4) is 0 Å². The van der Waals surface area contributed by atoms with Gasteiger partial charge < -0.3 is 0 Å². The molecular formula is C11H9IN2O. The molecule has 76 valence electrons. The number of hydrogen-bond acceptors (Lipinski definition) is 2. The molecule has 4 heteroatoms. The lowest BCUT2D eigenvalue weighted by Crippen LogP contribution is -2.00. The SMILES string of the molecule is O=Cc1nn(Cc2ccccc2)cc1I. The van der Waals surface area contributed by atoms with Crippen LogP contribution in [0.5, 0.6) is 0 Å². The maximum atomic E-state index is 10.6. The van der Waals surface area contributed by atoms with Crippen molar-refractivity contribution in [3.8, 4) is 0 Å². The standard InChI is InChI=1S/C11H9IN2O/c12-10-7-14(13-11(10)8-15)6-9-4-2-1-3-5-9/h1-5,7-8H,6H2. The Hall–Kier alpha value is -1.17. The first-order chi connectivity index (χ1) is 7.29.